The summed E-state index contributed by atoms with van der Waals surface area (Å²) in [6.07, 6.45) is 5.90. The van der Waals surface area contributed by atoms with E-state index in [0.29, 0.717) is 5.92 Å². The lowest BCUT2D eigenvalue weighted by atomic mass is 10.1. The quantitative estimate of drug-likeness (QED) is 0.446. The molecule has 1 heterocycles. The van der Waals surface area contributed by atoms with Crippen molar-refractivity contribution in [3.8, 4) is 0 Å². The van der Waals surface area contributed by atoms with E-state index in [-0.39, 0.29) is 24.0 Å². The number of nitrogens with one attached hydrogen (secondary N) is 2. The van der Waals surface area contributed by atoms with Crippen LogP contribution in [0.15, 0.2) is 23.5 Å². The zero-order valence-electron chi connectivity index (χ0n) is 12.9. The fraction of sp³-hybridized carbons (Fsp3) is 0.600. The van der Waals surface area contributed by atoms with Gasteiger partial charge in [-0.05, 0) is 42.9 Å². The Morgan fingerprint density at radius 2 is 2.00 bits per heavy atom. The molecular weight excluding hydrogens is 363 g/mol. The Hall–Kier alpha value is -0.850. The van der Waals surface area contributed by atoms with Crippen LogP contribution in [0.5, 0.6) is 0 Å². The number of aromatic nitrogens is 1. The molecule has 20 heavy (non-hydrogen) atoms. The molecule has 1 aromatic heterocycles. The third kappa shape index (κ3) is 7.67. The largest absolute Gasteiger partial charge is 0.356 e. The average molecular weight is 390 g/mol. The highest BCUT2D eigenvalue weighted by Gasteiger charge is 2.00. The Morgan fingerprint density at radius 3 is 2.60 bits per heavy atom. The number of nitrogens with zero attached hydrogens (tertiary/aromatic N) is 2. The van der Waals surface area contributed by atoms with Crippen LogP contribution in [0.3, 0.4) is 0 Å². The number of halogens is 1. The highest BCUT2D eigenvalue weighted by Crippen LogP contribution is 2.04. The molecule has 0 aliphatic heterocycles. The number of aliphatic imine (C=N–C) groups is 1. The first-order valence-corrected chi connectivity index (χ1v) is 6.97. The van der Waals surface area contributed by atoms with Gasteiger partial charge < -0.3 is 10.6 Å². The number of aryl methyl sites for hydroxylation is 1. The standard InChI is InChI=1S/C15H26N4.HI/c1-12(2)5-9-18-15(16-4)19-10-7-14-6-8-17-11-13(14)3;/h6,8,11-12H,5,7,9-10H2,1-4H3,(H2,16,18,19);1H. The van der Waals surface area contributed by atoms with Gasteiger partial charge in [0.05, 0.1) is 0 Å². The third-order valence-electron chi connectivity index (χ3n) is 3.06. The van der Waals surface area contributed by atoms with Crippen molar-refractivity contribution in [3.63, 3.8) is 0 Å². The first-order valence-electron chi connectivity index (χ1n) is 6.97. The summed E-state index contributed by atoms with van der Waals surface area (Å²) in [5.74, 6) is 1.59. The van der Waals surface area contributed by atoms with E-state index in [0.717, 1.165) is 31.9 Å². The summed E-state index contributed by atoms with van der Waals surface area (Å²) in [5.41, 5.74) is 2.58. The lowest BCUT2D eigenvalue weighted by molar-refractivity contribution is 0.573. The summed E-state index contributed by atoms with van der Waals surface area (Å²) < 4.78 is 0. The minimum absolute atomic E-state index is 0. The molecule has 114 valence electrons. The number of hydrogen-bond acceptors (Lipinski definition) is 2. The van der Waals surface area contributed by atoms with Gasteiger partial charge in [0.25, 0.3) is 0 Å². The normalized spacial score (nSPS) is 11.2. The van der Waals surface area contributed by atoms with Gasteiger partial charge in [0.15, 0.2) is 5.96 Å². The molecule has 0 aromatic carbocycles. The Balaban J connectivity index is 0.00000361. The maximum Gasteiger partial charge on any atom is 0.190 e. The molecule has 5 heteroatoms. The van der Waals surface area contributed by atoms with E-state index < -0.39 is 0 Å². The summed E-state index contributed by atoms with van der Waals surface area (Å²) in [6, 6.07) is 2.08. The Kier molecular flexibility index (Phi) is 10.4. The van der Waals surface area contributed by atoms with Gasteiger partial charge in [0, 0.05) is 32.5 Å². The van der Waals surface area contributed by atoms with Gasteiger partial charge in [0.1, 0.15) is 0 Å². The van der Waals surface area contributed by atoms with Crippen LogP contribution in [0.2, 0.25) is 0 Å². The fourth-order valence-electron chi connectivity index (χ4n) is 1.80. The van der Waals surface area contributed by atoms with E-state index in [1.54, 1.807) is 0 Å². The topological polar surface area (TPSA) is 49.3 Å². The molecule has 0 atom stereocenters. The van der Waals surface area contributed by atoms with Crippen LogP contribution in [0.1, 0.15) is 31.4 Å². The maximum atomic E-state index is 4.22. The van der Waals surface area contributed by atoms with Crippen molar-refractivity contribution in [2.24, 2.45) is 10.9 Å². The van der Waals surface area contributed by atoms with Crippen molar-refractivity contribution in [3.05, 3.63) is 29.6 Å². The molecule has 1 aromatic rings. The molecule has 0 amide bonds. The van der Waals surface area contributed by atoms with Crippen LogP contribution in [0.25, 0.3) is 0 Å². The predicted octanol–water partition coefficient (Wildman–Crippen LogP) is 2.76. The molecule has 0 unspecified atom stereocenters. The minimum Gasteiger partial charge on any atom is -0.356 e. The molecule has 0 aliphatic rings. The Labute approximate surface area is 139 Å². The molecule has 0 saturated heterocycles. The summed E-state index contributed by atoms with van der Waals surface area (Å²) in [5, 5.41) is 6.67. The molecule has 0 radical (unpaired) electrons. The molecule has 2 N–H and O–H groups in total. The Bertz CT molecular complexity index is 405. The van der Waals surface area contributed by atoms with Crippen LogP contribution in [-0.4, -0.2) is 31.1 Å². The van der Waals surface area contributed by atoms with Crippen molar-refractivity contribution in [2.45, 2.75) is 33.6 Å². The first kappa shape index (κ1) is 19.1. The zero-order valence-corrected chi connectivity index (χ0v) is 15.3. The van der Waals surface area contributed by atoms with E-state index in [1.165, 1.54) is 11.1 Å². The molecular formula is C15H27IN4. The molecule has 0 spiro atoms. The number of guanidine groups is 1. The van der Waals surface area contributed by atoms with E-state index in [9.17, 15) is 0 Å². The van der Waals surface area contributed by atoms with Crippen molar-refractivity contribution in [1.29, 1.82) is 0 Å². The fourth-order valence-corrected chi connectivity index (χ4v) is 1.80. The number of rotatable bonds is 6. The molecule has 0 bridgehead atoms. The summed E-state index contributed by atoms with van der Waals surface area (Å²) in [7, 11) is 1.81. The van der Waals surface area contributed by atoms with Crippen molar-refractivity contribution in [2.75, 3.05) is 20.1 Å². The van der Waals surface area contributed by atoms with Gasteiger partial charge in [0.2, 0.25) is 0 Å². The molecule has 0 aliphatic carbocycles. The van der Waals surface area contributed by atoms with Gasteiger partial charge in [-0.2, -0.15) is 0 Å². The summed E-state index contributed by atoms with van der Waals surface area (Å²) >= 11 is 0. The van der Waals surface area contributed by atoms with Crippen LogP contribution < -0.4 is 10.6 Å². The molecule has 0 fully saturated rings. The van der Waals surface area contributed by atoms with Gasteiger partial charge in [-0.1, -0.05) is 13.8 Å². The predicted molar refractivity (Wildman–Crippen MR) is 96.9 cm³/mol. The average Bonchev–Trinajstić information content (AvgIpc) is 2.38. The highest BCUT2D eigenvalue weighted by atomic mass is 127. The second-order valence-corrected chi connectivity index (χ2v) is 5.16. The molecule has 0 saturated carbocycles. The monoisotopic (exact) mass is 390 g/mol. The Morgan fingerprint density at radius 1 is 1.30 bits per heavy atom. The SMILES string of the molecule is CN=C(NCCc1ccncc1C)NCCC(C)C.I. The second-order valence-electron chi connectivity index (χ2n) is 5.16. The number of hydrogen-bond donors (Lipinski definition) is 2. The van der Waals surface area contributed by atoms with Crippen molar-refractivity contribution in [1.82, 2.24) is 15.6 Å². The van der Waals surface area contributed by atoms with Gasteiger partial charge in [-0.3, -0.25) is 9.98 Å². The van der Waals surface area contributed by atoms with Crippen molar-refractivity contribution < 1.29 is 0 Å². The van der Waals surface area contributed by atoms with E-state index in [4.69, 9.17) is 0 Å². The summed E-state index contributed by atoms with van der Waals surface area (Å²) in [4.78, 5) is 8.33. The smallest absolute Gasteiger partial charge is 0.190 e. The molecule has 4 nitrogen and oxygen atoms in total. The van der Waals surface area contributed by atoms with Crippen LogP contribution in [0.4, 0.5) is 0 Å². The van der Waals surface area contributed by atoms with Crippen molar-refractivity contribution >= 4 is 29.9 Å². The number of pyridine rings is 1. The lowest BCUT2D eigenvalue weighted by Gasteiger charge is -2.13. The van der Waals surface area contributed by atoms with Crippen LogP contribution in [-0.2, 0) is 6.42 Å². The van der Waals surface area contributed by atoms with E-state index in [2.05, 4.69) is 47.4 Å². The van der Waals surface area contributed by atoms with Crippen LogP contribution in [0, 0.1) is 12.8 Å². The highest BCUT2D eigenvalue weighted by molar-refractivity contribution is 14.0. The lowest BCUT2D eigenvalue weighted by Crippen LogP contribution is -2.39. The summed E-state index contributed by atoms with van der Waals surface area (Å²) in [6.45, 7) is 8.39. The third-order valence-corrected chi connectivity index (χ3v) is 3.06. The second kappa shape index (κ2) is 10.9. The van der Waals surface area contributed by atoms with E-state index >= 15 is 0 Å². The van der Waals surface area contributed by atoms with Crippen LogP contribution >= 0.6 is 24.0 Å². The minimum atomic E-state index is 0. The first-order chi connectivity index (χ1) is 9.13. The van der Waals surface area contributed by atoms with Gasteiger partial charge in [-0.25, -0.2) is 0 Å². The van der Waals surface area contributed by atoms with Gasteiger partial charge >= 0.3 is 0 Å². The van der Waals surface area contributed by atoms with E-state index in [1.807, 2.05) is 19.4 Å². The van der Waals surface area contributed by atoms with Gasteiger partial charge in [-0.15, -0.1) is 24.0 Å². The maximum absolute atomic E-state index is 4.22. The molecule has 1 rings (SSSR count). The zero-order chi connectivity index (χ0) is 14.1.